The van der Waals surface area contributed by atoms with E-state index < -0.39 is 0 Å². The zero-order chi connectivity index (χ0) is 13.7. The molecular formula is C15H22N4. The third-order valence-corrected chi connectivity index (χ3v) is 3.76. The van der Waals surface area contributed by atoms with Gasteiger partial charge in [-0.25, -0.2) is 9.97 Å². The summed E-state index contributed by atoms with van der Waals surface area (Å²) in [6, 6.07) is 2.62. The normalized spacial score (nSPS) is 15.7. The summed E-state index contributed by atoms with van der Waals surface area (Å²) in [4.78, 5) is 11.0. The third-order valence-electron chi connectivity index (χ3n) is 3.76. The summed E-state index contributed by atoms with van der Waals surface area (Å²) >= 11 is 0. The quantitative estimate of drug-likeness (QED) is 0.814. The van der Waals surface area contributed by atoms with Gasteiger partial charge >= 0.3 is 0 Å². The molecule has 1 saturated carbocycles. The number of nitriles is 1. The fourth-order valence-electron chi connectivity index (χ4n) is 2.62. The lowest BCUT2D eigenvalue weighted by atomic mass is 10.1. The summed E-state index contributed by atoms with van der Waals surface area (Å²) < 4.78 is 0. The molecule has 1 heterocycles. The molecule has 19 heavy (non-hydrogen) atoms. The Bertz CT molecular complexity index is 426. The number of nitrogens with zero attached hydrogens (tertiary/aromatic N) is 4. The predicted molar refractivity (Wildman–Crippen MR) is 75.8 cm³/mol. The van der Waals surface area contributed by atoms with E-state index in [0.717, 1.165) is 18.8 Å². The largest absolute Gasteiger partial charge is 0.352 e. The molecule has 0 aromatic carbocycles. The highest BCUT2D eigenvalue weighted by Gasteiger charge is 2.23. The second kappa shape index (κ2) is 6.51. The lowest BCUT2D eigenvalue weighted by molar-refractivity contribution is 0.524. The molecule has 0 spiro atoms. The molecule has 1 fully saturated rings. The first-order chi connectivity index (χ1) is 9.20. The molecule has 0 aliphatic heterocycles. The Morgan fingerprint density at radius 1 is 1.32 bits per heavy atom. The van der Waals surface area contributed by atoms with E-state index in [1.165, 1.54) is 25.7 Å². The van der Waals surface area contributed by atoms with Crippen LogP contribution in [0.1, 0.15) is 51.6 Å². The number of rotatable bonds is 5. The van der Waals surface area contributed by atoms with E-state index in [-0.39, 0.29) is 0 Å². The molecule has 2 rings (SSSR count). The van der Waals surface area contributed by atoms with Gasteiger partial charge in [-0.15, -0.1) is 0 Å². The van der Waals surface area contributed by atoms with Gasteiger partial charge in [-0.3, -0.25) is 0 Å². The second-order valence-electron chi connectivity index (χ2n) is 5.69. The molecule has 1 aliphatic carbocycles. The molecule has 4 nitrogen and oxygen atoms in total. The average Bonchev–Trinajstić information content (AvgIpc) is 2.93. The van der Waals surface area contributed by atoms with Crippen LogP contribution in [0.5, 0.6) is 0 Å². The van der Waals surface area contributed by atoms with Crippen LogP contribution < -0.4 is 4.90 Å². The molecule has 1 aromatic rings. The monoisotopic (exact) mass is 258 g/mol. The molecule has 0 bridgehead atoms. The lowest BCUT2D eigenvalue weighted by Gasteiger charge is -2.30. The van der Waals surface area contributed by atoms with Crippen LogP contribution in [0.2, 0.25) is 0 Å². The summed E-state index contributed by atoms with van der Waals surface area (Å²) in [6.45, 7) is 5.53. The van der Waals surface area contributed by atoms with Crippen LogP contribution in [0.25, 0.3) is 0 Å². The van der Waals surface area contributed by atoms with Crippen LogP contribution in [-0.4, -0.2) is 22.6 Å². The molecule has 0 radical (unpaired) electrons. The summed E-state index contributed by atoms with van der Waals surface area (Å²) in [5.74, 6) is 1.61. The van der Waals surface area contributed by atoms with Crippen molar-refractivity contribution in [3.63, 3.8) is 0 Å². The Kier molecular flexibility index (Phi) is 4.73. The third kappa shape index (κ3) is 3.66. The van der Waals surface area contributed by atoms with Crippen LogP contribution >= 0.6 is 0 Å². The smallest absolute Gasteiger partial charge is 0.158 e. The Morgan fingerprint density at radius 3 is 2.58 bits per heavy atom. The number of anilines is 1. The van der Waals surface area contributed by atoms with Gasteiger partial charge in [0, 0.05) is 12.6 Å². The SMILES string of the molecule is CC(C)CCN(c1cnc(C#N)cn1)C1CCCC1. The molecule has 1 aliphatic rings. The minimum Gasteiger partial charge on any atom is -0.352 e. The second-order valence-corrected chi connectivity index (χ2v) is 5.69. The Morgan fingerprint density at radius 2 is 2.05 bits per heavy atom. The van der Waals surface area contributed by atoms with Crippen molar-refractivity contribution in [2.24, 2.45) is 5.92 Å². The van der Waals surface area contributed by atoms with Gasteiger partial charge in [0.05, 0.1) is 12.4 Å². The van der Waals surface area contributed by atoms with Crippen molar-refractivity contribution in [1.82, 2.24) is 9.97 Å². The van der Waals surface area contributed by atoms with E-state index in [0.29, 0.717) is 17.7 Å². The molecule has 4 heteroatoms. The Balaban J connectivity index is 2.12. The highest BCUT2D eigenvalue weighted by atomic mass is 15.2. The molecule has 0 atom stereocenters. The predicted octanol–water partition coefficient (Wildman–Crippen LogP) is 3.14. The minimum absolute atomic E-state index is 0.388. The molecule has 1 aromatic heterocycles. The maximum atomic E-state index is 8.79. The van der Waals surface area contributed by atoms with Crippen LogP contribution in [-0.2, 0) is 0 Å². The maximum absolute atomic E-state index is 8.79. The zero-order valence-electron chi connectivity index (χ0n) is 11.8. The van der Waals surface area contributed by atoms with Gasteiger partial charge in [-0.05, 0) is 25.2 Å². The Hall–Kier alpha value is -1.63. The molecule has 0 N–H and O–H groups in total. The highest BCUT2D eigenvalue weighted by Crippen LogP contribution is 2.27. The first-order valence-electron chi connectivity index (χ1n) is 7.19. The fourth-order valence-corrected chi connectivity index (χ4v) is 2.62. The van der Waals surface area contributed by atoms with E-state index in [4.69, 9.17) is 5.26 Å². The van der Waals surface area contributed by atoms with Crippen molar-refractivity contribution in [1.29, 1.82) is 5.26 Å². The van der Waals surface area contributed by atoms with E-state index in [1.54, 1.807) is 12.4 Å². The lowest BCUT2D eigenvalue weighted by Crippen LogP contribution is -2.35. The minimum atomic E-state index is 0.388. The fraction of sp³-hybridized carbons (Fsp3) is 0.667. The molecule has 0 amide bonds. The van der Waals surface area contributed by atoms with E-state index in [9.17, 15) is 0 Å². The molecule has 0 unspecified atom stereocenters. The summed E-state index contributed by atoms with van der Waals surface area (Å²) in [5.41, 5.74) is 0.388. The zero-order valence-corrected chi connectivity index (χ0v) is 11.8. The summed E-state index contributed by atoms with van der Waals surface area (Å²) in [6.07, 6.45) is 9.61. The van der Waals surface area contributed by atoms with Crippen molar-refractivity contribution in [3.05, 3.63) is 18.1 Å². The number of hydrogen-bond donors (Lipinski definition) is 0. The van der Waals surface area contributed by atoms with Gasteiger partial charge in [0.2, 0.25) is 0 Å². The Labute approximate surface area is 115 Å². The van der Waals surface area contributed by atoms with Crippen molar-refractivity contribution in [2.45, 2.75) is 52.0 Å². The first kappa shape index (κ1) is 13.8. The molecule has 0 saturated heterocycles. The van der Waals surface area contributed by atoms with Crippen LogP contribution in [0.15, 0.2) is 12.4 Å². The van der Waals surface area contributed by atoms with Crippen LogP contribution in [0.4, 0.5) is 5.82 Å². The summed E-state index contributed by atoms with van der Waals surface area (Å²) in [5, 5.41) is 8.79. The molecule has 102 valence electrons. The van der Waals surface area contributed by atoms with Crippen molar-refractivity contribution >= 4 is 5.82 Å². The summed E-state index contributed by atoms with van der Waals surface area (Å²) in [7, 11) is 0. The van der Waals surface area contributed by atoms with E-state index in [1.807, 2.05) is 6.07 Å². The maximum Gasteiger partial charge on any atom is 0.158 e. The first-order valence-corrected chi connectivity index (χ1v) is 7.19. The van der Waals surface area contributed by atoms with Crippen LogP contribution in [0.3, 0.4) is 0 Å². The van der Waals surface area contributed by atoms with Crippen molar-refractivity contribution < 1.29 is 0 Å². The average molecular weight is 258 g/mol. The topological polar surface area (TPSA) is 52.8 Å². The number of aromatic nitrogens is 2. The molecular weight excluding hydrogens is 236 g/mol. The standard InChI is InChI=1S/C15H22N4/c1-12(2)7-8-19(14-5-3-4-6-14)15-11-17-13(9-16)10-18-15/h10-12,14H,3-8H2,1-2H3. The van der Waals surface area contributed by atoms with Gasteiger partial charge < -0.3 is 4.90 Å². The van der Waals surface area contributed by atoms with Gasteiger partial charge in [-0.1, -0.05) is 26.7 Å². The van der Waals surface area contributed by atoms with Gasteiger partial charge in [0.15, 0.2) is 5.69 Å². The van der Waals surface area contributed by atoms with E-state index in [2.05, 4.69) is 28.7 Å². The van der Waals surface area contributed by atoms with E-state index >= 15 is 0 Å². The van der Waals surface area contributed by atoms with Gasteiger partial charge in [-0.2, -0.15) is 5.26 Å². The van der Waals surface area contributed by atoms with Crippen LogP contribution in [0, 0.1) is 17.2 Å². The van der Waals surface area contributed by atoms with Crippen molar-refractivity contribution in [2.75, 3.05) is 11.4 Å². The highest BCUT2D eigenvalue weighted by molar-refractivity contribution is 5.38. The van der Waals surface area contributed by atoms with Gasteiger partial charge in [0.1, 0.15) is 11.9 Å². The van der Waals surface area contributed by atoms with Gasteiger partial charge in [0.25, 0.3) is 0 Å². The van der Waals surface area contributed by atoms with Crippen molar-refractivity contribution in [3.8, 4) is 6.07 Å². The number of hydrogen-bond acceptors (Lipinski definition) is 4.